The van der Waals surface area contributed by atoms with E-state index in [1.54, 1.807) is 4.90 Å². The Balaban J connectivity index is 1.85. The van der Waals surface area contributed by atoms with Crippen LogP contribution in [0.25, 0.3) is 0 Å². The van der Waals surface area contributed by atoms with Crippen molar-refractivity contribution in [1.82, 2.24) is 4.90 Å². The molecule has 1 amide bonds. The maximum Gasteiger partial charge on any atom is 0.226 e. The predicted octanol–water partition coefficient (Wildman–Crippen LogP) is 1.09. The molecule has 0 bridgehead atoms. The van der Waals surface area contributed by atoms with E-state index in [4.69, 9.17) is 18.0 Å². The van der Waals surface area contributed by atoms with Crippen molar-refractivity contribution in [2.45, 2.75) is 25.4 Å². The minimum atomic E-state index is -0.170. The third-order valence-electron chi connectivity index (χ3n) is 3.76. The SMILES string of the molecule is CN(CC1CC(O)C1)C(=O)Cc1ccc(C(N)=S)cc1. The number of hydrogen-bond donors (Lipinski definition) is 2. The maximum absolute atomic E-state index is 12.1. The lowest BCUT2D eigenvalue weighted by atomic mass is 9.82. The highest BCUT2D eigenvalue weighted by molar-refractivity contribution is 7.80. The zero-order valence-electron chi connectivity index (χ0n) is 11.6. The molecule has 3 N–H and O–H groups in total. The smallest absolute Gasteiger partial charge is 0.226 e. The third kappa shape index (κ3) is 3.77. The number of carbonyl (C=O) groups is 1. The minimum Gasteiger partial charge on any atom is -0.393 e. The Labute approximate surface area is 124 Å². The van der Waals surface area contributed by atoms with Gasteiger partial charge in [0.05, 0.1) is 12.5 Å². The number of amides is 1. The van der Waals surface area contributed by atoms with Crippen LogP contribution in [0.15, 0.2) is 24.3 Å². The van der Waals surface area contributed by atoms with Crippen molar-refractivity contribution in [3.05, 3.63) is 35.4 Å². The van der Waals surface area contributed by atoms with Crippen molar-refractivity contribution in [1.29, 1.82) is 0 Å². The van der Waals surface area contributed by atoms with Gasteiger partial charge in [-0.15, -0.1) is 0 Å². The number of aliphatic hydroxyl groups is 1. The third-order valence-corrected chi connectivity index (χ3v) is 4.00. The summed E-state index contributed by atoms with van der Waals surface area (Å²) in [5, 5.41) is 9.25. The van der Waals surface area contributed by atoms with Gasteiger partial charge in [-0.05, 0) is 24.3 Å². The molecule has 2 rings (SSSR count). The van der Waals surface area contributed by atoms with Crippen LogP contribution >= 0.6 is 12.2 Å². The minimum absolute atomic E-state index is 0.0921. The van der Waals surface area contributed by atoms with Gasteiger partial charge in [0.1, 0.15) is 4.99 Å². The van der Waals surface area contributed by atoms with E-state index >= 15 is 0 Å². The molecule has 5 heteroatoms. The number of aliphatic hydroxyl groups excluding tert-OH is 1. The van der Waals surface area contributed by atoms with Crippen LogP contribution in [-0.2, 0) is 11.2 Å². The second-order valence-electron chi connectivity index (χ2n) is 5.50. The molecular weight excluding hydrogens is 272 g/mol. The van der Waals surface area contributed by atoms with E-state index in [1.165, 1.54) is 0 Å². The number of nitrogens with zero attached hydrogens (tertiary/aromatic N) is 1. The number of hydrogen-bond acceptors (Lipinski definition) is 3. The Morgan fingerprint density at radius 3 is 2.50 bits per heavy atom. The van der Waals surface area contributed by atoms with Gasteiger partial charge in [-0.3, -0.25) is 4.79 Å². The van der Waals surface area contributed by atoms with Gasteiger partial charge >= 0.3 is 0 Å². The summed E-state index contributed by atoms with van der Waals surface area (Å²) in [6, 6.07) is 7.45. The summed E-state index contributed by atoms with van der Waals surface area (Å²) in [6.45, 7) is 0.723. The zero-order valence-corrected chi connectivity index (χ0v) is 12.4. The van der Waals surface area contributed by atoms with E-state index in [9.17, 15) is 9.90 Å². The van der Waals surface area contributed by atoms with Gasteiger partial charge < -0.3 is 15.7 Å². The second-order valence-corrected chi connectivity index (χ2v) is 5.94. The fourth-order valence-electron chi connectivity index (χ4n) is 2.44. The van der Waals surface area contributed by atoms with Gasteiger partial charge in [0, 0.05) is 19.2 Å². The molecule has 1 aliphatic rings. The van der Waals surface area contributed by atoms with Crippen LogP contribution in [0.2, 0.25) is 0 Å². The molecule has 1 aliphatic carbocycles. The molecule has 0 heterocycles. The van der Waals surface area contributed by atoms with Gasteiger partial charge in [-0.25, -0.2) is 0 Å². The van der Waals surface area contributed by atoms with Crippen LogP contribution < -0.4 is 5.73 Å². The topological polar surface area (TPSA) is 66.6 Å². The molecule has 1 saturated carbocycles. The van der Waals surface area contributed by atoms with E-state index in [1.807, 2.05) is 31.3 Å². The molecule has 0 atom stereocenters. The number of rotatable bonds is 5. The van der Waals surface area contributed by atoms with Gasteiger partial charge in [-0.1, -0.05) is 36.5 Å². The highest BCUT2D eigenvalue weighted by atomic mass is 32.1. The summed E-state index contributed by atoms with van der Waals surface area (Å²) < 4.78 is 0. The van der Waals surface area contributed by atoms with Crippen molar-refractivity contribution < 1.29 is 9.90 Å². The van der Waals surface area contributed by atoms with Crippen LogP contribution in [0.3, 0.4) is 0 Å². The predicted molar refractivity (Wildman–Crippen MR) is 82.4 cm³/mol. The van der Waals surface area contributed by atoms with E-state index < -0.39 is 0 Å². The molecule has 20 heavy (non-hydrogen) atoms. The summed E-state index contributed by atoms with van der Waals surface area (Å²) >= 11 is 4.89. The first-order valence-corrected chi connectivity index (χ1v) is 7.17. The van der Waals surface area contributed by atoms with Crippen molar-refractivity contribution in [3.8, 4) is 0 Å². The van der Waals surface area contributed by atoms with E-state index in [-0.39, 0.29) is 12.0 Å². The molecule has 1 fully saturated rings. The average molecular weight is 292 g/mol. The fourth-order valence-corrected chi connectivity index (χ4v) is 2.57. The van der Waals surface area contributed by atoms with Crippen LogP contribution in [0, 0.1) is 5.92 Å². The Hall–Kier alpha value is -1.46. The monoisotopic (exact) mass is 292 g/mol. The molecule has 4 nitrogen and oxygen atoms in total. The Kier molecular flexibility index (Phi) is 4.73. The summed E-state index contributed by atoms with van der Waals surface area (Å²) in [7, 11) is 1.82. The summed E-state index contributed by atoms with van der Waals surface area (Å²) in [6.07, 6.45) is 1.82. The van der Waals surface area contributed by atoms with E-state index in [0.717, 1.165) is 30.5 Å². The molecule has 1 aromatic carbocycles. The maximum atomic E-state index is 12.1. The molecule has 0 aromatic heterocycles. The van der Waals surface area contributed by atoms with Gasteiger partial charge in [0.25, 0.3) is 0 Å². The standard InChI is InChI=1S/C15H20N2O2S/c1-17(9-11-6-13(18)7-11)14(19)8-10-2-4-12(5-3-10)15(16)20/h2-5,11,13,18H,6-9H2,1H3,(H2,16,20). The first kappa shape index (κ1) is 14.9. The highest BCUT2D eigenvalue weighted by Crippen LogP contribution is 2.27. The fraction of sp³-hybridized carbons (Fsp3) is 0.467. The average Bonchev–Trinajstić information content (AvgIpc) is 2.37. The van der Waals surface area contributed by atoms with Crippen LogP contribution in [0.5, 0.6) is 0 Å². The van der Waals surface area contributed by atoms with Gasteiger partial charge in [0.2, 0.25) is 5.91 Å². The molecule has 0 aliphatic heterocycles. The molecule has 108 valence electrons. The van der Waals surface area contributed by atoms with Crippen LogP contribution in [0.1, 0.15) is 24.0 Å². The molecule has 1 aromatic rings. The van der Waals surface area contributed by atoms with Crippen molar-refractivity contribution in [3.63, 3.8) is 0 Å². The summed E-state index contributed by atoms with van der Waals surface area (Å²) in [4.78, 5) is 14.2. The Morgan fingerprint density at radius 1 is 1.40 bits per heavy atom. The molecule has 0 radical (unpaired) electrons. The van der Waals surface area contributed by atoms with Crippen LogP contribution in [-0.4, -0.2) is 40.6 Å². The Bertz CT molecular complexity index is 495. The highest BCUT2D eigenvalue weighted by Gasteiger charge is 2.28. The van der Waals surface area contributed by atoms with Gasteiger partial charge in [-0.2, -0.15) is 0 Å². The summed E-state index contributed by atoms with van der Waals surface area (Å²) in [5.41, 5.74) is 7.30. The lowest BCUT2D eigenvalue weighted by Crippen LogP contribution is -2.40. The number of benzene rings is 1. The molecule has 0 spiro atoms. The van der Waals surface area contributed by atoms with Crippen molar-refractivity contribution in [2.75, 3.05) is 13.6 Å². The van der Waals surface area contributed by atoms with E-state index in [2.05, 4.69) is 0 Å². The molecule has 0 unspecified atom stereocenters. The van der Waals surface area contributed by atoms with Crippen molar-refractivity contribution >= 4 is 23.1 Å². The first-order valence-electron chi connectivity index (χ1n) is 6.76. The largest absolute Gasteiger partial charge is 0.393 e. The Morgan fingerprint density at radius 2 is 2.00 bits per heavy atom. The lowest BCUT2D eigenvalue weighted by molar-refractivity contribution is -0.130. The number of nitrogens with two attached hydrogens (primary N) is 1. The number of carbonyl (C=O) groups excluding carboxylic acids is 1. The molecule has 0 saturated heterocycles. The second kappa shape index (κ2) is 6.33. The number of likely N-dealkylation sites (N-methyl/N-ethyl adjacent to an activating group) is 1. The first-order chi connectivity index (χ1) is 9.45. The molecular formula is C15H20N2O2S. The quantitative estimate of drug-likeness (QED) is 0.797. The van der Waals surface area contributed by atoms with Crippen molar-refractivity contribution in [2.24, 2.45) is 11.7 Å². The normalized spacial score (nSPS) is 21.1. The lowest BCUT2D eigenvalue weighted by Gasteiger charge is -2.34. The number of thiocarbonyl (C=S) groups is 1. The van der Waals surface area contributed by atoms with E-state index in [0.29, 0.717) is 17.3 Å². The van der Waals surface area contributed by atoms with Gasteiger partial charge in [0.15, 0.2) is 0 Å². The van der Waals surface area contributed by atoms with Crippen LogP contribution in [0.4, 0.5) is 0 Å². The summed E-state index contributed by atoms with van der Waals surface area (Å²) in [5.74, 6) is 0.533. The zero-order chi connectivity index (χ0) is 14.7.